The lowest BCUT2D eigenvalue weighted by molar-refractivity contribution is 1.04. The molecular formula is C9H13N3. The maximum atomic E-state index is 4.10. The Bertz CT molecular complexity index is 351. The molecule has 0 N–H and O–H groups in total. The molecule has 0 unspecified atom stereocenters. The van der Waals surface area contributed by atoms with Gasteiger partial charge in [-0.1, -0.05) is 13.8 Å². The smallest absolute Gasteiger partial charge is 0.156 e. The third kappa shape index (κ3) is 1.44. The van der Waals surface area contributed by atoms with Gasteiger partial charge >= 0.3 is 0 Å². The van der Waals surface area contributed by atoms with Crippen LogP contribution >= 0.6 is 0 Å². The van der Waals surface area contributed by atoms with E-state index in [9.17, 15) is 0 Å². The molecule has 64 valence electrons. The average molecular weight is 163 g/mol. The van der Waals surface area contributed by atoms with Crippen molar-refractivity contribution in [2.75, 3.05) is 0 Å². The fourth-order valence-corrected chi connectivity index (χ4v) is 0.957. The first-order valence-electron chi connectivity index (χ1n) is 4.11. The summed E-state index contributed by atoms with van der Waals surface area (Å²) < 4.78 is 1.94. The number of hydrogen-bond donors (Lipinski definition) is 0. The second-order valence-corrected chi connectivity index (χ2v) is 2.21. The van der Waals surface area contributed by atoms with E-state index < -0.39 is 0 Å². The van der Waals surface area contributed by atoms with Crippen molar-refractivity contribution >= 4 is 5.65 Å². The van der Waals surface area contributed by atoms with Crippen LogP contribution in [0.5, 0.6) is 0 Å². The molecule has 0 aliphatic heterocycles. The van der Waals surface area contributed by atoms with Crippen LogP contribution in [0.4, 0.5) is 0 Å². The zero-order valence-corrected chi connectivity index (χ0v) is 7.65. The van der Waals surface area contributed by atoms with Crippen LogP contribution < -0.4 is 0 Å². The molecule has 0 amide bonds. The van der Waals surface area contributed by atoms with E-state index in [1.165, 1.54) is 0 Å². The van der Waals surface area contributed by atoms with Crippen LogP contribution in [-0.4, -0.2) is 14.4 Å². The summed E-state index contributed by atoms with van der Waals surface area (Å²) in [6, 6.07) is 1.95. The van der Waals surface area contributed by atoms with E-state index in [0.717, 1.165) is 11.3 Å². The summed E-state index contributed by atoms with van der Waals surface area (Å²) >= 11 is 0. The van der Waals surface area contributed by atoms with Crippen molar-refractivity contribution in [3.8, 4) is 0 Å². The van der Waals surface area contributed by atoms with E-state index in [1.54, 1.807) is 18.7 Å². The number of fused-ring (bicyclic) bond motifs is 1. The van der Waals surface area contributed by atoms with Gasteiger partial charge in [-0.15, -0.1) is 0 Å². The number of rotatable bonds is 0. The highest BCUT2D eigenvalue weighted by Gasteiger charge is 1.93. The summed E-state index contributed by atoms with van der Waals surface area (Å²) in [5.74, 6) is 0. The molecule has 0 spiro atoms. The van der Waals surface area contributed by atoms with Crippen LogP contribution in [0.1, 0.15) is 19.5 Å². The van der Waals surface area contributed by atoms with E-state index in [0.29, 0.717) is 0 Å². The maximum Gasteiger partial charge on any atom is 0.156 e. The van der Waals surface area contributed by atoms with Gasteiger partial charge in [0, 0.05) is 11.9 Å². The first-order chi connectivity index (χ1) is 5.88. The molecular weight excluding hydrogens is 150 g/mol. The number of aromatic nitrogens is 3. The van der Waals surface area contributed by atoms with Crippen LogP contribution in [0.2, 0.25) is 0 Å². The molecule has 2 aromatic rings. The number of nitrogens with zero attached hydrogens (tertiary/aromatic N) is 3. The summed E-state index contributed by atoms with van der Waals surface area (Å²) in [7, 11) is 0. The van der Waals surface area contributed by atoms with Crippen LogP contribution in [0.25, 0.3) is 5.65 Å². The highest BCUT2D eigenvalue weighted by atomic mass is 15.0. The average Bonchev–Trinajstić information content (AvgIpc) is 2.57. The highest BCUT2D eigenvalue weighted by molar-refractivity contribution is 5.35. The van der Waals surface area contributed by atoms with Crippen LogP contribution in [0, 0.1) is 6.92 Å². The molecule has 0 aliphatic rings. The molecule has 0 bridgehead atoms. The van der Waals surface area contributed by atoms with E-state index in [-0.39, 0.29) is 0 Å². The van der Waals surface area contributed by atoms with E-state index in [4.69, 9.17) is 0 Å². The first kappa shape index (κ1) is 8.71. The van der Waals surface area contributed by atoms with Crippen molar-refractivity contribution < 1.29 is 0 Å². The lowest BCUT2D eigenvalue weighted by Crippen LogP contribution is -1.89. The summed E-state index contributed by atoms with van der Waals surface area (Å²) in [6.07, 6.45) is 5.29. The second-order valence-electron chi connectivity index (χ2n) is 2.21. The minimum absolute atomic E-state index is 0.903. The molecule has 0 aliphatic carbocycles. The lowest BCUT2D eigenvalue weighted by Gasteiger charge is -1.94. The van der Waals surface area contributed by atoms with Crippen LogP contribution in [-0.2, 0) is 0 Å². The highest BCUT2D eigenvalue weighted by Crippen LogP contribution is 2.00. The molecule has 12 heavy (non-hydrogen) atoms. The predicted molar refractivity (Wildman–Crippen MR) is 49.1 cm³/mol. The van der Waals surface area contributed by atoms with Crippen molar-refractivity contribution in [2.45, 2.75) is 20.8 Å². The second kappa shape index (κ2) is 3.85. The topological polar surface area (TPSA) is 30.2 Å². The molecule has 0 atom stereocenters. The fourth-order valence-electron chi connectivity index (χ4n) is 0.957. The van der Waals surface area contributed by atoms with E-state index >= 15 is 0 Å². The minimum Gasteiger partial charge on any atom is -0.288 e. The Morgan fingerprint density at radius 1 is 1.33 bits per heavy atom. The SMILES string of the molecule is CC.Cc1ccnc2cncn12. The molecule has 2 heterocycles. The third-order valence-corrected chi connectivity index (χ3v) is 1.52. The summed E-state index contributed by atoms with van der Waals surface area (Å²) in [5, 5.41) is 0. The monoisotopic (exact) mass is 163 g/mol. The summed E-state index contributed by atoms with van der Waals surface area (Å²) in [6.45, 7) is 6.02. The van der Waals surface area contributed by atoms with E-state index in [1.807, 2.05) is 31.2 Å². The largest absolute Gasteiger partial charge is 0.288 e. The molecule has 0 saturated carbocycles. The lowest BCUT2D eigenvalue weighted by atomic mass is 10.4. The molecule has 0 aromatic carbocycles. The first-order valence-corrected chi connectivity index (χ1v) is 4.11. The predicted octanol–water partition coefficient (Wildman–Crippen LogP) is 2.06. The van der Waals surface area contributed by atoms with Gasteiger partial charge in [0.15, 0.2) is 5.65 Å². The van der Waals surface area contributed by atoms with Gasteiger partial charge < -0.3 is 0 Å². The Morgan fingerprint density at radius 2 is 2.08 bits per heavy atom. The Kier molecular flexibility index (Phi) is 2.80. The Balaban J connectivity index is 0.000000336. The van der Waals surface area contributed by atoms with Gasteiger partial charge in [-0.2, -0.15) is 0 Å². The molecule has 3 heteroatoms. The molecule has 2 rings (SSSR count). The minimum atomic E-state index is 0.903. The van der Waals surface area contributed by atoms with Crippen molar-refractivity contribution in [1.29, 1.82) is 0 Å². The van der Waals surface area contributed by atoms with Crippen molar-refractivity contribution in [2.24, 2.45) is 0 Å². The van der Waals surface area contributed by atoms with Gasteiger partial charge in [-0.3, -0.25) is 4.40 Å². The van der Waals surface area contributed by atoms with E-state index in [2.05, 4.69) is 9.97 Å². The molecule has 0 fully saturated rings. The van der Waals surface area contributed by atoms with Gasteiger partial charge in [0.2, 0.25) is 0 Å². The van der Waals surface area contributed by atoms with Crippen molar-refractivity contribution in [3.05, 3.63) is 30.5 Å². The third-order valence-electron chi connectivity index (χ3n) is 1.52. The fraction of sp³-hybridized carbons (Fsp3) is 0.333. The maximum absolute atomic E-state index is 4.10. The number of aryl methyl sites for hydroxylation is 1. The van der Waals surface area contributed by atoms with Gasteiger partial charge in [0.25, 0.3) is 0 Å². The standard InChI is InChI=1S/C7H7N3.C2H6/c1-6-2-3-9-7-4-8-5-10(6)7;1-2/h2-5H,1H3;1-2H3. The Labute approximate surface area is 72.1 Å². The van der Waals surface area contributed by atoms with Crippen LogP contribution in [0.3, 0.4) is 0 Å². The number of imidazole rings is 1. The molecule has 3 nitrogen and oxygen atoms in total. The van der Waals surface area contributed by atoms with Gasteiger partial charge in [-0.25, -0.2) is 9.97 Å². The van der Waals surface area contributed by atoms with Gasteiger partial charge in [0.05, 0.1) is 6.20 Å². The van der Waals surface area contributed by atoms with Crippen LogP contribution in [0.15, 0.2) is 24.8 Å². The Morgan fingerprint density at radius 3 is 2.75 bits per heavy atom. The zero-order chi connectivity index (χ0) is 8.97. The quantitative estimate of drug-likeness (QED) is 0.595. The number of hydrogen-bond acceptors (Lipinski definition) is 2. The molecule has 0 saturated heterocycles. The zero-order valence-electron chi connectivity index (χ0n) is 7.65. The summed E-state index contributed by atoms with van der Waals surface area (Å²) in [5.41, 5.74) is 2.06. The van der Waals surface area contributed by atoms with Crippen molar-refractivity contribution in [3.63, 3.8) is 0 Å². The molecule has 0 radical (unpaired) electrons. The summed E-state index contributed by atoms with van der Waals surface area (Å²) in [4.78, 5) is 8.07. The van der Waals surface area contributed by atoms with Gasteiger partial charge in [-0.05, 0) is 13.0 Å². The normalized spacial score (nSPS) is 9.25. The molecule has 2 aromatic heterocycles. The van der Waals surface area contributed by atoms with Gasteiger partial charge in [0.1, 0.15) is 6.33 Å². The Hall–Kier alpha value is -1.38. The van der Waals surface area contributed by atoms with Crippen molar-refractivity contribution in [1.82, 2.24) is 14.4 Å².